The number of amides is 1. The number of ether oxygens (including phenoxy) is 1. The number of benzene rings is 1. The van der Waals surface area contributed by atoms with Crippen LogP contribution in [-0.2, 0) is 0 Å². The Kier molecular flexibility index (Phi) is 6.58. The van der Waals surface area contributed by atoms with E-state index >= 15 is 0 Å². The van der Waals surface area contributed by atoms with Crippen molar-refractivity contribution in [1.82, 2.24) is 15.1 Å². The molecule has 0 aliphatic heterocycles. The second-order valence-corrected chi connectivity index (χ2v) is 6.09. The Bertz CT molecular complexity index is 708. The van der Waals surface area contributed by atoms with Gasteiger partial charge in [0.25, 0.3) is 5.91 Å². The fraction of sp³-hybridized carbons (Fsp3) is 0.474. The van der Waals surface area contributed by atoms with Gasteiger partial charge in [-0.15, -0.1) is 0 Å². The summed E-state index contributed by atoms with van der Waals surface area (Å²) in [6.07, 6.45) is 1.01. The summed E-state index contributed by atoms with van der Waals surface area (Å²) in [6.45, 7) is 6.17. The third kappa shape index (κ3) is 4.60. The van der Waals surface area contributed by atoms with Gasteiger partial charge in [-0.2, -0.15) is 5.10 Å². The molecule has 0 saturated carbocycles. The van der Waals surface area contributed by atoms with E-state index in [9.17, 15) is 9.90 Å². The third-order valence-electron chi connectivity index (χ3n) is 4.31. The van der Waals surface area contributed by atoms with Gasteiger partial charge in [0.1, 0.15) is 11.4 Å². The van der Waals surface area contributed by atoms with Gasteiger partial charge < -0.3 is 15.2 Å². The zero-order valence-electron chi connectivity index (χ0n) is 15.3. The van der Waals surface area contributed by atoms with Crippen LogP contribution in [0.5, 0.6) is 5.75 Å². The summed E-state index contributed by atoms with van der Waals surface area (Å²) in [5, 5.41) is 17.6. The minimum atomic E-state index is -0.801. The first-order chi connectivity index (χ1) is 12.0. The third-order valence-corrected chi connectivity index (χ3v) is 4.31. The van der Waals surface area contributed by atoms with Gasteiger partial charge in [-0.05, 0) is 43.5 Å². The Morgan fingerprint density at radius 2 is 2.04 bits per heavy atom. The molecule has 1 unspecified atom stereocenters. The molecule has 25 heavy (non-hydrogen) atoms. The van der Waals surface area contributed by atoms with Crippen LogP contribution in [0.15, 0.2) is 30.3 Å². The fourth-order valence-electron chi connectivity index (χ4n) is 2.85. The quantitative estimate of drug-likeness (QED) is 0.771. The molecule has 0 aliphatic rings. The number of methoxy groups -OCH3 is 1. The summed E-state index contributed by atoms with van der Waals surface area (Å²) in [4.78, 5) is 12.6. The van der Waals surface area contributed by atoms with E-state index in [1.54, 1.807) is 30.0 Å². The lowest BCUT2D eigenvalue weighted by Gasteiger charge is -2.17. The van der Waals surface area contributed by atoms with E-state index in [1.807, 2.05) is 19.1 Å². The number of aryl methyl sites for hydroxylation is 1. The maximum atomic E-state index is 12.6. The highest BCUT2D eigenvalue weighted by Crippen LogP contribution is 2.20. The number of rotatable bonds is 8. The molecular formula is C19H27N3O3. The van der Waals surface area contributed by atoms with Gasteiger partial charge in [0, 0.05) is 6.54 Å². The van der Waals surface area contributed by atoms with Gasteiger partial charge >= 0.3 is 0 Å². The molecule has 6 heteroatoms. The molecule has 0 bridgehead atoms. The van der Waals surface area contributed by atoms with Crippen LogP contribution in [0.4, 0.5) is 0 Å². The highest BCUT2D eigenvalue weighted by atomic mass is 16.5. The fourth-order valence-corrected chi connectivity index (χ4v) is 2.85. The normalized spacial score (nSPS) is 12.2. The lowest BCUT2D eigenvalue weighted by atomic mass is 10.1. The largest absolute Gasteiger partial charge is 0.497 e. The molecule has 2 N–H and O–H groups in total. The average Bonchev–Trinajstić information content (AvgIpc) is 3.02. The molecule has 0 radical (unpaired) electrons. The van der Waals surface area contributed by atoms with Crippen LogP contribution >= 0.6 is 0 Å². The van der Waals surface area contributed by atoms with Crippen LogP contribution in [0.3, 0.4) is 0 Å². The van der Waals surface area contributed by atoms with Crippen molar-refractivity contribution in [3.05, 3.63) is 47.3 Å². The van der Waals surface area contributed by atoms with E-state index in [-0.39, 0.29) is 18.5 Å². The van der Waals surface area contributed by atoms with Crippen molar-refractivity contribution in [2.45, 2.75) is 45.8 Å². The molecule has 0 aliphatic carbocycles. The maximum absolute atomic E-state index is 12.6. The number of carbonyl (C=O) groups excluding carboxylic acids is 1. The lowest BCUT2D eigenvalue weighted by molar-refractivity contribution is 0.0902. The van der Waals surface area contributed by atoms with Gasteiger partial charge in [-0.1, -0.05) is 26.0 Å². The minimum Gasteiger partial charge on any atom is -0.497 e. The highest BCUT2D eigenvalue weighted by molar-refractivity contribution is 5.92. The second kappa shape index (κ2) is 8.67. The zero-order valence-corrected chi connectivity index (χ0v) is 15.3. The SMILES string of the molecule is CCC(CC)n1nc(C)cc1C(=O)NCC(O)c1cccc(OC)c1. The molecule has 136 valence electrons. The summed E-state index contributed by atoms with van der Waals surface area (Å²) < 4.78 is 6.95. The van der Waals surface area contributed by atoms with Crippen molar-refractivity contribution >= 4 is 5.91 Å². The molecule has 6 nitrogen and oxygen atoms in total. The molecule has 1 atom stereocenters. The van der Waals surface area contributed by atoms with Gasteiger partial charge in [0.05, 0.1) is 24.9 Å². The van der Waals surface area contributed by atoms with Crippen molar-refractivity contribution < 1.29 is 14.6 Å². The number of aliphatic hydroxyl groups excluding tert-OH is 1. The predicted molar refractivity (Wildman–Crippen MR) is 96.9 cm³/mol. The molecule has 1 heterocycles. The van der Waals surface area contributed by atoms with Crippen LogP contribution in [0.1, 0.15) is 60.6 Å². The molecule has 1 amide bonds. The smallest absolute Gasteiger partial charge is 0.269 e. The average molecular weight is 345 g/mol. The number of hydrogen-bond donors (Lipinski definition) is 2. The number of aliphatic hydroxyl groups is 1. The molecule has 0 spiro atoms. The van der Waals surface area contributed by atoms with Gasteiger partial charge in [-0.3, -0.25) is 9.48 Å². The predicted octanol–water partition coefficient (Wildman–Crippen LogP) is 3.02. The standard InChI is InChI=1S/C19H27N3O3/c1-5-15(6-2)22-17(10-13(3)21-22)19(24)20-12-18(23)14-8-7-9-16(11-14)25-4/h7-11,15,18,23H,5-6,12H2,1-4H3,(H,20,24). The van der Waals surface area contributed by atoms with Gasteiger partial charge in [0.15, 0.2) is 0 Å². The van der Waals surface area contributed by atoms with E-state index in [2.05, 4.69) is 24.3 Å². The first kappa shape index (κ1) is 19.0. The van der Waals surface area contributed by atoms with E-state index < -0.39 is 6.10 Å². The van der Waals surface area contributed by atoms with Crippen molar-refractivity contribution in [1.29, 1.82) is 0 Å². The monoisotopic (exact) mass is 345 g/mol. The molecule has 2 rings (SSSR count). The van der Waals surface area contributed by atoms with E-state index in [4.69, 9.17) is 4.74 Å². The topological polar surface area (TPSA) is 76.4 Å². The van der Waals surface area contributed by atoms with E-state index in [0.29, 0.717) is 17.0 Å². The van der Waals surface area contributed by atoms with E-state index in [1.165, 1.54) is 0 Å². The highest BCUT2D eigenvalue weighted by Gasteiger charge is 2.19. The van der Waals surface area contributed by atoms with Gasteiger partial charge in [0.2, 0.25) is 0 Å². The summed E-state index contributed by atoms with van der Waals surface area (Å²) in [6, 6.07) is 9.16. The number of hydrogen-bond acceptors (Lipinski definition) is 4. The summed E-state index contributed by atoms with van der Waals surface area (Å²) in [7, 11) is 1.58. The van der Waals surface area contributed by atoms with Crippen molar-refractivity contribution in [2.24, 2.45) is 0 Å². The summed E-state index contributed by atoms with van der Waals surface area (Å²) >= 11 is 0. The molecule has 0 saturated heterocycles. The molecule has 2 aromatic rings. The second-order valence-electron chi connectivity index (χ2n) is 6.09. The van der Waals surface area contributed by atoms with Crippen LogP contribution < -0.4 is 10.1 Å². The first-order valence-corrected chi connectivity index (χ1v) is 8.66. The Hall–Kier alpha value is -2.34. The number of aromatic nitrogens is 2. The maximum Gasteiger partial charge on any atom is 0.269 e. The van der Waals surface area contributed by atoms with Crippen LogP contribution in [0.2, 0.25) is 0 Å². The summed E-state index contributed by atoms with van der Waals surface area (Å²) in [5.41, 5.74) is 2.04. The molecule has 1 aromatic heterocycles. The Morgan fingerprint density at radius 3 is 2.68 bits per heavy atom. The minimum absolute atomic E-state index is 0.124. The zero-order chi connectivity index (χ0) is 18.4. The van der Waals surface area contributed by atoms with Crippen molar-refractivity contribution in [2.75, 3.05) is 13.7 Å². The van der Waals surface area contributed by atoms with Crippen LogP contribution in [-0.4, -0.2) is 34.4 Å². The molecule has 1 aromatic carbocycles. The van der Waals surface area contributed by atoms with Gasteiger partial charge in [-0.25, -0.2) is 0 Å². The van der Waals surface area contributed by atoms with E-state index in [0.717, 1.165) is 18.5 Å². The molecule has 0 fully saturated rings. The van der Waals surface area contributed by atoms with Crippen molar-refractivity contribution in [3.8, 4) is 5.75 Å². The number of nitrogens with one attached hydrogen (secondary N) is 1. The summed E-state index contributed by atoms with van der Waals surface area (Å²) in [5.74, 6) is 0.444. The number of nitrogens with zero attached hydrogens (tertiary/aromatic N) is 2. The number of carbonyl (C=O) groups is 1. The van der Waals surface area contributed by atoms with Crippen LogP contribution in [0, 0.1) is 6.92 Å². The Labute approximate surface area is 148 Å². The van der Waals surface area contributed by atoms with Crippen molar-refractivity contribution in [3.63, 3.8) is 0 Å². The van der Waals surface area contributed by atoms with Crippen LogP contribution in [0.25, 0.3) is 0 Å². The Morgan fingerprint density at radius 1 is 1.32 bits per heavy atom. The lowest BCUT2D eigenvalue weighted by Crippen LogP contribution is -2.31. The molecular weight excluding hydrogens is 318 g/mol. The first-order valence-electron chi connectivity index (χ1n) is 8.66. The Balaban J connectivity index is 2.07.